The maximum Gasteiger partial charge on any atom is 0.252 e. The number of nitrogens with zero attached hydrogens (tertiary/aromatic N) is 5. The van der Waals surface area contributed by atoms with Crippen molar-refractivity contribution in [2.24, 2.45) is 0 Å². The number of nitrogens with one attached hydrogen (secondary N) is 1. The van der Waals surface area contributed by atoms with Gasteiger partial charge in [-0.15, -0.1) is 0 Å². The fourth-order valence-corrected chi connectivity index (χ4v) is 5.16. The van der Waals surface area contributed by atoms with Gasteiger partial charge in [0.25, 0.3) is 5.91 Å². The van der Waals surface area contributed by atoms with Crippen LogP contribution in [0.2, 0.25) is 0 Å². The van der Waals surface area contributed by atoms with Crippen LogP contribution in [0.5, 0.6) is 5.75 Å². The van der Waals surface area contributed by atoms with Gasteiger partial charge in [-0.25, -0.2) is 9.67 Å². The first-order valence-corrected chi connectivity index (χ1v) is 13.3. The molecule has 0 atom stereocenters. The average molecular weight is 513 g/mol. The van der Waals surface area contributed by atoms with Crippen molar-refractivity contribution in [3.8, 4) is 11.4 Å². The van der Waals surface area contributed by atoms with Gasteiger partial charge in [-0.1, -0.05) is 29.8 Å². The van der Waals surface area contributed by atoms with Crippen LogP contribution in [0.15, 0.2) is 54.6 Å². The van der Waals surface area contributed by atoms with Crippen molar-refractivity contribution >= 4 is 22.6 Å². The summed E-state index contributed by atoms with van der Waals surface area (Å²) in [6.07, 6.45) is 0.898. The molecule has 1 fully saturated rings. The Kier molecular flexibility index (Phi) is 7.60. The number of benzene rings is 2. The molecule has 3 heterocycles. The van der Waals surface area contributed by atoms with Crippen LogP contribution in [-0.2, 0) is 0 Å². The first-order chi connectivity index (χ1) is 18.4. The van der Waals surface area contributed by atoms with E-state index in [1.54, 1.807) is 7.11 Å². The molecule has 4 aromatic rings. The Morgan fingerprint density at radius 1 is 1.00 bits per heavy atom. The standard InChI is InChI=1S/C30H36N6O2/c1-21-10-12-24(13-11-21)36-29-28(23(3)33-36)25(20-22(2)32-29)30(37)31-14-7-15-34-16-18-35(19-17-34)26-8-5-6-9-27(26)38-4/h5-6,8-13,20H,7,14-19H2,1-4H3,(H,31,37). The fourth-order valence-electron chi connectivity index (χ4n) is 5.16. The molecule has 1 N–H and O–H groups in total. The molecule has 1 aliphatic heterocycles. The highest BCUT2D eigenvalue weighted by Gasteiger charge is 2.21. The zero-order chi connectivity index (χ0) is 26.6. The van der Waals surface area contributed by atoms with Gasteiger partial charge in [0, 0.05) is 38.4 Å². The summed E-state index contributed by atoms with van der Waals surface area (Å²) in [5.41, 5.74) is 6.21. The molecule has 0 bridgehead atoms. The smallest absolute Gasteiger partial charge is 0.252 e. The van der Waals surface area contributed by atoms with Crippen molar-refractivity contribution in [2.45, 2.75) is 27.2 Å². The second-order valence-electron chi connectivity index (χ2n) is 9.95. The summed E-state index contributed by atoms with van der Waals surface area (Å²) in [5.74, 6) is 0.844. The molecular weight excluding hydrogens is 476 g/mol. The van der Waals surface area contributed by atoms with Crippen LogP contribution in [0.25, 0.3) is 16.7 Å². The summed E-state index contributed by atoms with van der Waals surface area (Å²) in [6, 6.07) is 18.2. The zero-order valence-electron chi connectivity index (χ0n) is 22.7. The van der Waals surface area contributed by atoms with Crippen LogP contribution in [0.3, 0.4) is 0 Å². The van der Waals surface area contributed by atoms with Gasteiger partial charge in [0.15, 0.2) is 5.65 Å². The number of pyridine rings is 1. The van der Waals surface area contributed by atoms with Crippen molar-refractivity contribution in [1.29, 1.82) is 0 Å². The van der Waals surface area contributed by atoms with Crippen molar-refractivity contribution in [2.75, 3.05) is 51.3 Å². The molecular formula is C30H36N6O2. The summed E-state index contributed by atoms with van der Waals surface area (Å²) in [6.45, 7) is 11.4. The highest BCUT2D eigenvalue weighted by Crippen LogP contribution is 2.28. The van der Waals surface area contributed by atoms with Gasteiger partial charge in [0.2, 0.25) is 0 Å². The number of hydrogen-bond acceptors (Lipinski definition) is 6. The molecule has 8 heteroatoms. The Morgan fingerprint density at radius 3 is 2.47 bits per heavy atom. The molecule has 2 aromatic carbocycles. The Labute approximate surface area is 224 Å². The van der Waals surface area contributed by atoms with Crippen LogP contribution in [0.4, 0.5) is 5.69 Å². The van der Waals surface area contributed by atoms with Gasteiger partial charge < -0.3 is 15.0 Å². The molecule has 198 valence electrons. The topological polar surface area (TPSA) is 75.5 Å². The normalized spacial score (nSPS) is 14.2. The Bertz CT molecular complexity index is 1420. The Balaban J connectivity index is 1.18. The number of rotatable bonds is 8. The van der Waals surface area contributed by atoms with Crippen molar-refractivity contribution in [3.63, 3.8) is 0 Å². The third kappa shape index (κ3) is 5.36. The van der Waals surface area contributed by atoms with E-state index in [4.69, 9.17) is 14.8 Å². The summed E-state index contributed by atoms with van der Waals surface area (Å²) in [5, 5.41) is 8.67. The van der Waals surface area contributed by atoms with Crippen LogP contribution in [-0.4, -0.2) is 71.9 Å². The number of anilines is 1. The maximum atomic E-state index is 13.3. The second-order valence-corrected chi connectivity index (χ2v) is 9.95. The van der Waals surface area contributed by atoms with Gasteiger partial charge in [-0.05, 0) is 64.1 Å². The highest BCUT2D eigenvalue weighted by atomic mass is 16.5. The number of carbonyl (C=O) groups is 1. The minimum absolute atomic E-state index is 0.0759. The van der Waals surface area contributed by atoms with Gasteiger partial charge in [0.1, 0.15) is 5.75 Å². The number of aromatic nitrogens is 3. The van der Waals surface area contributed by atoms with Gasteiger partial charge >= 0.3 is 0 Å². The Morgan fingerprint density at radius 2 is 1.74 bits per heavy atom. The number of ether oxygens (including phenoxy) is 1. The van der Waals surface area contributed by atoms with Crippen LogP contribution < -0.4 is 15.0 Å². The zero-order valence-corrected chi connectivity index (χ0v) is 22.7. The lowest BCUT2D eigenvalue weighted by Gasteiger charge is -2.36. The molecule has 2 aromatic heterocycles. The molecule has 0 aliphatic carbocycles. The van der Waals surface area contributed by atoms with Crippen molar-refractivity contribution in [3.05, 3.63) is 77.1 Å². The molecule has 8 nitrogen and oxygen atoms in total. The number of amides is 1. The molecule has 1 aliphatic rings. The molecule has 1 amide bonds. The summed E-state index contributed by atoms with van der Waals surface area (Å²) >= 11 is 0. The minimum atomic E-state index is -0.0759. The molecule has 0 saturated carbocycles. The summed E-state index contributed by atoms with van der Waals surface area (Å²) in [4.78, 5) is 22.8. The Hall–Kier alpha value is -3.91. The lowest BCUT2D eigenvalue weighted by Crippen LogP contribution is -2.47. The lowest BCUT2D eigenvalue weighted by molar-refractivity contribution is 0.0953. The van der Waals surface area contributed by atoms with Gasteiger partial charge in [-0.3, -0.25) is 9.69 Å². The van der Waals surface area contributed by atoms with E-state index in [-0.39, 0.29) is 5.91 Å². The van der Waals surface area contributed by atoms with Crippen LogP contribution in [0, 0.1) is 20.8 Å². The quantitative estimate of drug-likeness (QED) is 0.355. The second kappa shape index (κ2) is 11.2. The van der Waals surface area contributed by atoms with Crippen molar-refractivity contribution in [1.82, 2.24) is 25.0 Å². The number of para-hydroxylation sites is 2. The third-order valence-corrected chi connectivity index (χ3v) is 7.20. The highest BCUT2D eigenvalue weighted by molar-refractivity contribution is 6.06. The van der Waals surface area contributed by atoms with E-state index in [0.29, 0.717) is 17.8 Å². The van der Waals surface area contributed by atoms with Crippen LogP contribution in [0.1, 0.15) is 33.7 Å². The molecule has 0 unspecified atom stereocenters. The van der Waals surface area contributed by atoms with Gasteiger partial charge in [0.05, 0.1) is 35.1 Å². The fraction of sp³-hybridized carbons (Fsp3) is 0.367. The first kappa shape index (κ1) is 25.7. The lowest BCUT2D eigenvalue weighted by atomic mass is 10.1. The van der Waals surface area contributed by atoms with E-state index in [0.717, 1.165) is 73.0 Å². The largest absolute Gasteiger partial charge is 0.495 e. The first-order valence-electron chi connectivity index (χ1n) is 13.3. The van der Waals surface area contributed by atoms with E-state index < -0.39 is 0 Å². The maximum absolute atomic E-state index is 13.3. The van der Waals surface area contributed by atoms with E-state index in [1.807, 2.05) is 48.9 Å². The molecule has 0 radical (unpaired) electrons. The van der Waals surface area contributed by atoms with Crippen molar-refractivity contribution < 1.29 is 9.53 Å². The minimum Gasteiger partial charge on any atom is -0.495 e. The van der Waals surface area contributed by atoms with E-state index in [9.17, 15) is 4.79 Å². The van der Waals surface area contributed by atoms with E-state index in [1.165, 1.54) is 5.56 Å². The summed E-state index contributed by atoms with van der Waals surface area (Å²) < 4.78 is 7.36. The number of carbonyl (C=O) groups excluding carboxylic acids is 1. The number of aryl methyl sites for hydroxylation is 3. The van der Waals surface area contributed by atoms with Crippen LogP contribution >= 0.6 is 0 Å². The SMILES string of the molecule is COc1ccccc1N1CCN(CCCNC(=O)c2cc(C)nc3c2c(C)nn3-c2ccc(C)cc2)CC1. The number of methoxy groups -OCH3 is 1. The number of piperazine rings is 1. The molecule has 1 saturated heterocycles. The van der Waals surface area contributed by atoms with E-state index in [2.05, 4.69) is 46.3 Å². The van der Waals surface area contributed by atoms with Gasteiger partial charge in [-0.2, -0.15) is 5.10 Å². The predicted octanol–water partition coefficient (Wildman–Crippen LogP) is 4.30. The monoisotopic (exact) mass is 512 g/mol. The third-order valence-electron chi connectivity index (χ3n) is 7.20. The average Bonchev–Trinajstić information content (AvgIpc) is 3.27. The van der Waals surface area contributed by atoms with E-state index >= 15 is 0 Å². The molecule has 5 rings (SSSR count). The molecule has 38 heavy (non-hydrogen) atoms. The predicted molar refractivity (Wildman–Crippen MR) is 152 cm³/mol. The number of fused-ring (bicyclic) bond motifs is 1. The molecule has 0 spiro atoms. The number of hydrogen-bond donors (Lipinski definition) is 1. The summed E-state index contributed by atoms with van der Waals surface area (Å²) in [7, 11) is 1.72.